The van der Waals surface area contributed by atoms with Crippen LogP contribution in [0.3, 0.4) is 0 Å². The Balaban J connectivity index is 1.99. The predicted octanol–water partition coefficient (Wildman–Crippen LogP) is 4.08. The van der Waals surface area contributed by atoms with Crippen molar-refractivity contribution in [2.24, 2.45) is 0 Å². The quantitative estimate of drug-likeness (QED) is 0.348. The second-order valence-electron chi connectivity index (χ2n) is 5.15. The van der Waals surface area contributed by atoms with Gasteiger partial charge < -0.3 is 18.9 Å². The number of allylic oxidation sites excluding steroid dienone is 2. The molecule has 0 saturated heterocycles. The van der Waals surface area contributed by atoms with Crippen molar-refractivity contribution in [2.45, 2.75) is 12.2 Å². The molecule has 0 bridgehead atoms. The van der Waals surface area contributed by atoms with Crippen molar-refractivity contribution in [1.82, 2.24) is 0 Å². The first kappa shape index (κ1) is 18.0. The minimum Gasteiger partial charge on any atom is -0.499 e. The van der Waals surface area contributed by atoms with Crippen LogP contribution in [0.15, 0.2) is 74.2 Å². The number of hydrogen-bond acceptors (Lipinski definition) is 4. The van der Waals surface area contributed by atoms with Gasteiger partial charge in [0.25, 0.3) is 0 Å². The molecule has 1 aromatic rings. The fourth-order valence-electron chi connectivity index (χ4n) is 2.40. The van der Waals surface area contributed by atoms with Gasteiger partial charge >= 0.3 is 0 Å². The summed E-state index contributed by atoms with van der Waals surface area (Å²) >= 11 is 0. The van der Waals surface area contributed by atoms with E-state index < -0.39 is 5.79 Å². The van der Waals surface area contributed by atoms with Crippen molar-refractivity contribution < 1.29 is 18.9 Å². The monoisotopic (exact) mass is 328 g/mol. The molecule has 0 atom stereocenters. The molecule has 24 heavy (non-hydrogen) atoms. The van der Waals surface area contributed by atoms with Crippen molar-refractivity contribution in [2.75, 3.05) is 26.4 Å². The molecule has 1 aliphatic carbocycles. The SMILES string of the molecule is C=COCCOC1(OCCOC=C)C=CC(c2ccccc2)=CC1. The molecule has 1 aliphatic rings. The lowest BCUT2D eigenvalue weighted by molar-refractivity contribution is -0.210. The highest BCUT2D eigenvalue weighted by Gasteiger charge is 2.30. The highest BCUT2D eigenvalue weighted by molar-refractivity contribution is 5.75. The second kappa shape index (κ2) is 9.75. The zero-order chi connectivity index (χ0) is 17.1. The van der Waals surface area contributed by atoms with Crippen LogP contribution >= 0.6 is 0 Å². The summed E-state index contributed by atoms with van der Waals surface area (Å²) in [5.74, 6) is -0.798. The van der Waals surface area contributed by atoms with E-state index in [-0.39, 0.29) is 0 Å². The topological polar surface area (TPSA) is 36.9 Å². The molecule has 0 heterocycles. The molecular weight excluding hydrogens is 304 g/mol. The zero-order valence-corrected chi connectivity index (χ0v) is 13.9. The van der Waals surface area contributed by atoms with E-state index in [0.29, 0.717) is 32.8 Å². The summed E-state index contributed by atoms with van der Waals surface area (Å²) in [6.45, 7) is 8.72. The summed E-state index contributed by atoms with van der Waals surface area (Å²) < 4.78 is 22.1. The standard InChI is InChI=1S/C20H24O4/c1-3-21-14-16-23-20(24-17-15-22-4-2)12-10-19(11-13-20)18-8-6-5-7-9-18/h3-12H,1-2,13-17H2. The minimum absolute atomic E-state index is 0.410. The van der Waals surface area contributed by atoms with Crippen LogP contribution in [0, 0.1) is 0 Å². The number of benzene rings is 1. The van der Waals surface area contributed by atoms with Crippen LogP contribution in [-0.4, -0.2) is 32.2 Å². The van der Waals surface area contributed by atoms with Crippen LogP contribution < -0.4 is 0 Å². The molecule has 4 heteroatoms. The van der Waals surface area contributed by atoms with Crippen molar-refractivity contribution >= 4 is 5.57 Å². The summed E-state index contributed by atoms with van der Waals surface area (Å²) in [5, 5.41) is 0. The van der Waals surface area contributed by atoms with E-state index in [1.54, 1.807) is 0 Å². The van der Waals surface area contributed by atoms with Crippen molar-refractivity contribution in [3.8, 4) is 0 Å². The van der Waals surface area contributed by atoms with E-state index in [2.05, 4.69) is 31.4 Å². The van der Waals surface area contributed by atoms with Crippen LogP contribution in [-0.2, 0) is 18.9 Å². The molecular formula is C20H24O4. The summed E-state index contributed by atoms with van der Waals surface area (Å²) in [6, 6.07) is 10.2. The number of hydrogen-bond donors (Lipinski definition) is 0. The molecule has 4 nitrogen and oxygen atoms in total. The largest absolute Gasteiger partial charge is 0.499 e. The molecule has 0 aliphatic heterocycles. The summed E-state index contributed by atoms with van der Waals surface area (Å²) in [6.07, 6.45) is 9.53. The van der Waals surface area contributed by atoms with Gasteiger partial charge in [0.1, 0.15) is 13.2 Å². The van der Waals surface area contributed by atoms with E-state index in [1.807, 2.05) is 30.4 Å². The Morgan fingerprint density at radius 2 is 1.54 bits per heavy atom. The van der Waals surface area contributed by atoms with E-state index in [9.17, 15) is 0 Å². The van der Waals surface area contributed by atoms with Crippen LogP contribution in [0.1, 0.15) is 12.0 Å². The fraction of sp³-hybridized carbons (Fsp3) is 0.300. The van der Waals surface area contributed by atoms with Gasteiger partial charge in [0.15, 0.2) is 5.79 Å². The van der Waals surface area contributed by atoms with Gasteiger partial charge in [-0.15, -0.1) is 0 Å². The summed E-state index contributed by atoms with van der Waals surface area (Å²) in [7, 11) is 0. The zero-order valence-electron chi connectivity index (χ0n) is 13.9. The Labute approximate surface area is 143 Å². The van der Waals surface area contributed by atoms with E-state index in [4.69, 9.17) is 18.9 Å². The fourth-order valence-corrected chi connectivity index (χ4v) is 2.40. The van der Waals surface area contributed by atoms with E-state index in [1.165, 1.54) is 18.1 Å². The first-order chi connectivity index (χ1) is 11.8. The normalized spacial score (nSPS) is 15.4. The average molecular weight is 328 g/mol. The van der Waals surface area contributed by atoms with Crippen LogP contribution in [0.4, 0.5) is 0 Å². The van der Waals surface area contributed by atoms with Gasteiger partial charge in [-0.2, -0.15) is 0 Å². The molecule has 128 valence electrons. The van der Waals surface area contributed by atoms with Gasteiger partial charge in [0, 0.05) is 6.42 Å². The Bertz CT molecular complexity index is 559. The number of rotatable bonds is 11. The van der Waals surface area contributed by atoms with Crippen molar-refractivity contribution in [1.29, 1.82) is 0 Å². The molecule has 0 N–H and O–H groups in total. The van der Waals surface area contributed by atoms with Gasteiger partial charge in [-0.3, -0.25) is 0 Å². The van der Waals surface area contributed by atoms with E-state index >= 15 is 0 Å². The minimum atomic E-state index is -0.798. The molecule has 0 saturated carbocycles. The molecule has 0 unspecified atom stereocenters. The van der Waals surface area contributed by atoms with Gasteiger partial charge in [-0.1, -0.05) is 55.6 Å². The van der Waals surface area contributed by atoms with Crippen LogP contribution in [0.5, 0.6) is 0 Å². The highest BCUT2D eigenvalue weighted by atomic mass is 16.7. The third-order valence-corrected chi connectivity index (χ3v) is 3.56. The summed E-state index contributed by atoms with van der Waals surface area (Å²) in [4.78, 5) is 0. The van der Waals surface area contributed by atoms with Gasteiger partial charge in [0.2, 0.25) is 0 Å². The van der Waals surface area contributed by atoms with Gasteiger partial charge in [-0.25, -0.2) is 0 Å². The lowest BCUT2D eigenvalue weighted by atomic mass is 9.96. The third kappa shape index (κ3) is 5.41. The molecule has 1 aromatic carbocycles. The Hall–Kier alpha value is -2.30. The maximum Gasteiger partial charge on any atom is 0.191 e. The van der Waals surface area contributed by atoms with E-state index in [0.717, 1.165) is 5.57 Å². The Morgan fingerprint density at radius 3 is 2.04 bits per heavy atom. The lowest BCUT2D eigenvalue weighted by Crippen LogP contribution is -2.36. The highest BCUT2D eigenvalue weighted by Crippen LogP contribution is 2.30. The maximum atomic E-state index is 5.93. The maximum absolute atomic E-state index is 5.93. The molecule has 0 fully saturated rings. The predicted molar refractivity (Wildman–Crippen MR) is 95.1 cm³/mol. The van der Waals surface area contributed by atoms with Crippen molar-refractivity contribution in [3.05, 3.63) is 79.8 Å². The first-order valence-corrected chi connectivity index (χ1v) is 7.97. The summed E-state index contributed by atoms with van der Waals surface area (Å²) in [5.41, 5.74) is 2.33. The van der Waals surface area contributed by atoms with Crippen LogP contribution in [0.25, 0.3) is 5.57 Å². The first-order valence-electron chi connectivity index (χ1n) is 7.97. The molecule has 0 spiro atoms. The lowest BCUT2D eigenvalue weighted by Gasteiger charge is -2.32. The Kier molecular flexibility index (Phi) is 7.33. The number of ether oxygens (including phenoxy) is 4. The van der Waals surface area contributed by atoms with Crippen molar-refractivity contribution in [3.63, 3.8) is 0 Å². The second-order valence-corrected chi connectivity index (χ2v) is 5.15. The van der Waals surface area contributed by atoms with Gasteiger partial charge in [-0.05, 0) is 17.2 Å². The van der Waals surface area contributed by atoms with Crippen LogP contribution in [0.2, 0.25) is 0 Å². The molecule has 2 rings (SSSR count). The average Bonchev–Trinajstić information content (AvgIpc) is 2.64. The smallest absolute Gasteiger partial charge is 0.191 e. The molecule has 0 radical (unpaired) electrons. The molecule has 0 amide bonds. The van der Waals surface area contributed by atoms with Gasteiger partial charge in [0.05, 0.1) is 25.7 Å². The Morgan fingerprint density at radius 1 is 0.917 bits per heavy atom. The molecule has 0 aromatic heterocycles. The third-order valence-electron chi connectivity index (χ3n) is 3.56.